The van der Waals surface area contributed by atoms with Gasteiger partial charge in [0.1, 0.15) is 19.3 Å². The highest BCUT2D eigenvalue weighted by Gasteiger charge is 2.31. The molecule has 19 heteroatoms. The molecule has 0 saturated carbocycles. The summed E-state index contributed by atoms with van der Waals surface area (Å²) in [4.78, 5) is 73.5. The molecular formula is C95H186O17P2. The maximum absolute atomic E-state index is 13.2. The van der Waals surface area contributed by atoms with E-state index in [1.807, 2.05) is 0 Å². The maximum atomic E-state index is 13.2. The van der Waals surface area contributed by atoms with Crippen LogP contribution in [0.5, 0.6) is 0 Å². The summed E-state index contributed by atoms with van der Waals surface area (Å²) in [6.07, 6.45) is 79.4. The van der Waals surface area contributed by atoms with Crippen LogP contribution in [0.3, 0.4) is 0 Å². The van der Waals surface area contributed by atoms with E-state index in [4.69, 9.17) is 37.0 Å². The molecule has 6 atom stereocenters. The maximum Gasteiger partial charge on any atom is 0.472 e. The molecule has 0 saturated heterocycles. The van der Waals surface area contributed by atoms with E-state index in [-0.39, 0.29) is 25.7 Å². The molecule has 0 heterocycles. The van der Waals surface area contributed by atoms with Gasteiger partial charge in [-0.1, -0.05) is 459 Å². The number of ether oxygens (including phenoxy) is 4. The third kappa shape index (κ3) is 86.4. The summed E-state index contributed by atoms with van der Waals surface area (Å²) in [5.41, 5.74) is 0. The summed E-state index contributed by atoms with van der Waals surface area (Å²) in [7, 11) is -9.94. The van der Waals surface area contributed by atoms with Crippen molar-refractivity contribution in [3.8, 4) is 0 Å². The molecule has 0 aromatic rings. The van der Waals surface area contributed by atoms with Gasteiger partial charge >= 0.3 is 39.5 Å². The van der Waals surface area contributed by atoms with E-state index >= 15 is 0 Å². The van der Waals surface area contributed by atoms with Crippen LogP contribution in [-0.2, 0) is 65.4 Å². The Bertz CT molecular complexity index is 2190. The molecular weight excluding hydrogens is 1470 g/mol. The lowest BCUT2D eigenvalue weighted by Crippen LogP contribution is -2.30. The number of carbonyl (C=O) groups excluding carboxylic acids is 4. The fraction of sp³-hybridized carbons (Fsp3) is 0.958. The van der Waals surface area contributed by atoms with Gasteiger partial charge in [-0.2, -0.15) is 0 Å². The summed E-state index contributed by atoms with van der Waals surface area (Å²) in [6.45, 7) is 12.1. The zero-order chi connectivity index (χ0) is 83.6. The average Bonchev–Trinajstić information content (AvgIpc) is 0.896. The third-order valence-electron chi connectivity index (χ3n) is 22.7. The Labute approximate surface area is 702 Å². The largest absolute Gasteiger partial charge is 0.472 e. The molecule has 0 spiro atoms. The number of phosphoric acid groups is 2. The van der Waals surface area contributed by atoms with Crippen LogP contribution < -0.4 is 0 Å². The monoisotopic (exact) mass is 1660 g/mol. The molecule has 0 aromatic carbocycles. The molecule has 0 aliphatic carbocycles. The van der Waals surface area contributed by atoms with Crippen molar-refractivity contribution in [1.29, 1.82) is 0 Å². The molecule has 114 heavy (non-hydrogen) atoms. The van der Waals surface area contributed by atoms with Crippen molar-refractivity contribution in [2.75, 3.05) is 39.6 Å². The second-order valence-corrected chi connectivity index (χ2v) is 38.2. The first-order valence-electron chi connectivity index (χ1n) is 48.9. The summed E-state index contributed by atoms with van der Waals surface area (Å²) in [6, 6.07) is 0. The Balaban J connectivity index is 5.23. The van der Waals surface area contributed by atoms with Gasteiger partial charge in [0.25, 0.3) is 0 Å². The van der Waals surface area contributed by atoms with Crippen molar-refractivity contribution in [1.82, 2.24) is 0 Å². The van der Waals surface area contributed by atoms with Gasteiger partial charge in [-0.3, -0.25) is 37.3 Å². The number of hydrogen-bond donors (Lipinski definition) is 3. The first-order valence-corrected chi connectivity index (χ1v) is 51.9. The van der Waals surface area contributed by atoms with E-state index in [2.05, 4.69) is 48.5 Å². The van der Waals surface area contributed by atoms with Gasteiger partial charge in [0.2, 0.25) is 0 Å². The Morgan fingerprint density at radius 2 is 0.447 bits per heavy atom. The molecule has 3 N–H and O–H groups in total. The highest BCUT2D eigenvalue weighted by molar-refractivity contribution is 7.47. The Morgan fingerprint density at radius 1 is 0.254 bits per heavy atom. The Morgan fingerprint density at radius 3 is 0.667 bits per heavy atom. The topological polar surface area (TPSA) is 237 Å². The molecule has 0 aliphatic rings. The summed E-state index contributed by atoms with van der Waals surface area (Å²) >= 11 is 0. The fourth-order valence-electron chi connectivity index (χ4n) is 14.9. The average molecular weight is 1660 g/mol. The van der Waals surface area contributed by atoms with Crippen molar-refractivity contribution in [3.63, 3.8) is 0 Å². The van der Waals surface area contributed by atoms with Crippen molar-refractivity contribution in [2.45, 2.75) is 529 Å². The zero-order valence-electron chi connectivity index (χ0n) is 75.6. The van der Waals surface area contributed by atoms with E-state index in [0.29, 0.717) is 25.7 Å². The van der Waals surface area contributed by atoms with Gasteiger partial charge in [0.05, 0.1) is 26.4 Å². The number of unbranched alkanes of at least 4 members (excludes halogenated alkanes) is 60. The number of hydrogen-bond acceptors (Lipinski definition) is 15. The van der Waals surface area contributed by atoms with Crippen LogP contribution in [0.25, 0.3) is 0 Å². The van der Waals surface area contributed by atoms with Crippen molar-refractivity contribution in [3.05, 3.63) is 0 Å². The molecule has 0 amide bonds. The number of phosphoric ester groups is 2. The number of carbonyl (C=O) groups is 4. The molecule has 0 radical (unpaired) electrons. The van der Waals surface area contributed by atoms with Crippen LogP contribution in [-0.4, -0.2) is 96.7 Å². The van der Waals surface area contributed by atoms with Crippen LogP contribution in [0.1, 0.15) is 511 Å². The molecule has 0 bridgehead atoms. The van der Waals surface area contributed by atoms with Gasteiger partial charge in [0, 0.05) is 25.7 Å². The highest BCUT2D eigenvalue weighted by Crippen LogP contribution is 2.45. The van der Waals surface area contributed by atoms with Crippen LogP contribution in [0.4, 0.5) is 0 Å². The molecule has 3 unspecified atom stereocenters. The van der Waals surface area contributed by atoms with Gasteiger partial charge in [0.15, 0.2) is 12.2 Å². The molecule has 0 aromatic heterocycles. The number of aliphatic hydroxyl groups is 1. The van der Waals surface area contributed by atoms with Crippen molar-refractivity contribution in [2.24, 2.45) is 17.8 Å². The van der Waals surface area contributed by atoms with Crippen LogP contribution in [0.2, 0.25) is 0 Å². The van der Waals surface area contributed by atoms with Crippen molar-refractivity contribution >= 4 is 39.5 Å². The standard InChI is InChI=1S/C95H186O17P2/c1-8-10-11-12-13-14-15-16-17-18-19-20-21-22-26-32-37-42-47-55-62-69-76-92(97)105-82-90(111-94(99)78-71-64-57-48-43-38-33-27-24-23-25-31-36-41-46-54-61-68-75-88(7)9-2)84-109-113(101,102)107-80-89(96)81-108-114(103,104)110-85-91(83-106-93(98)77-70-63-56-51-50-53-60-67-74-87(5)6)112-95(100)79-72-65-58-49-44-39-34-29-28-30-35-40-45-52-59-66-73-86(3)4/h86-91,96H,8-85H2,1-7H3,(H,101,102)(H,103,104)/t88?,89-,90-,91-/m1/s1. The smallest absolute Gasteiger partial charge is 0.462 e. The molecule has 0 fully saturated rings. The van der Waals surface area contributed by atoms with Crippen LogP contribution in [0, 0.1) is 17.8 Å². The SMILES string of the molecule is CCCCCCCCCCCCCCCCCCCCCCCCC(=O)OC[C@H](COP(=O)(O)OC[C@@H](O)COP(=O)(O)OC[C@@H](COC(=O)CCCCCCCCCCC(C)C)OC(=O)CCCCCCCCCCCCCCCCCCC(C)C)OC(=O)CCCCCCCCCCCCCCCCCCCCC(C)CC. The van der Waals surface area contributed by atoms with Gasteiger partial charge in [-0.15, -0.1) is 0 Å². The fourth-order valence-corrected chi connectivity index (χ4v) is 16.5. The minimum absolute atomic E-state index is 0.108. The lowest BCUT2D eigenvalue weighted by molar-refractivity contribution is -0.161. The van der Waals surface area contributed by atoms with E-state index in [1.54, 1.807) is 0 Å². The second-order valence-electron chi connectivity index (χ2n) is 35.3. The van der Waals surface area contributed by atoms with Gasteiger partial charge < -0.3 is 33.8 Å². The number of aliphatic hydroxyl groups excluding tert-OH is 1. The van der Waals surface area contributed by atoms with Gasteiger partial charge in [-0.05, 0) is 43.4 Å². The zero-order valence-corrected chi connectivity index (χ0v) is 77.4. The Kier molecular flexibility index (Phi) is 83.2. The van der Waals surface area contributed by atoms with Crippen LogP contribution in [0.15, 0.2) is 0 Å². The minimum atomic E-state index is -4.97. The normalized spacial score (nSPS) is 14.0. The first kappa shape index (κ1) is 112. The molecule has 678 valence electrons. The molecule has 17 nitrogen and oxygen atoms in total. The van der Waals surface area contributed by atoms with Crippen LogP contribution >= 0.6 is 15.6 Å². The quantitative estimate of drug-likeness (QED) is 0.0222. The molecule has 0 aliphatic heterocycles. The number of esters is 4. The summed E-state index contributed by atoms with van der Waals surface area (Å²) in [5.74, 6) is 0.311. The van der Waals surface area contributed by atoms with Crippen molar-refractivity contribution < 1.29 is 80.2 Å². The van der Waals surface area contributed by atoms with E-state index in [9.17, 15) is 43.2 Å². The predicted molar refractivity (Wildman–Crippen MR) is 474 cm³/mol. The van der Waals surface area contributed by atoms with E-state index in [0.717, 1.165) is 108 Å². The summed E-state index contributed by atoms with van der Waals surface area (Å²) in [5, 5.41) is 10.7. The predicted octanol–water partition coefficient (Wildman–Crippen LogP) is 29.6. The van der Waals surface area contributed by atoms with E-state index < -0.39 is 97.5 Å². The Hall–Kier alpha value is -1.94. The lowest BCUT2D eigenvalue weighted by atomic mass is 9.99. The lowest BCUT2D eigenvalue weighted by Gasteiger charge is -2.21. The first-order chi connectivity index (χ1) is 55.3. The molecule has 0 rings (SSSR count). The van der Waals surface area contributed by atoms with E-state index in [1.165, 1.54) is 321 Å². The third-order valence-corrected chi connectivity index (χ3v) is 24.6. The highest BCUT2D eigenvalue weighted by atomic mass is 31.2. The summed E-state index contributed by atoms with van der Waals surface area (Å²) < 4.78 is 69.2. The second kappa shape index (κ2) is 84.7. The minimum Gasteiger partial charge on any atom is -0.462 e. The number of rotatable bonds is 93. The van der Waals surface area contributed by atoms with Gasteiger partial charge in [-0.25, -0.2) is 9.13 Å².